The SMILES string of the molecule is CCCNC(=O)/C(=C\c1ccccc1OC)c1nc2ccccc2[nH]1. The number of nitrogens with one attached hydrogen (secondary N) is 2. The molecule has 0 radical (unpaired) electrons. The maximum atomic E-state index is 12.7. The molecule has 3 aromatic rings. The molecule has 1 heterocycles. The first-order valence-corrected chi connectivity index (χ1v) is 8.31. The number of carbonyl (C=O) groups is 1. The summed E-state index contributed by atoms with van der Waals surface area (Å²) in [6, 6.07) is 15.3. The number of methoxy groups -OCH3 is 1. The van der Waals surface area contributed by atoms with Gasteiger partial charge in [0.1, 0.15) is 11.6 Å². The van der Waals surface area contributed by atoms with Crippen LogP contribution in [0.5, 0.6) is 5.75 Å². The number of nitrogens with zero attached hydrogens (tertiary/aromatic N) is 1. The Hall–Kier alpha value is -3.08. The minimum Gasteiger partial charge on any atom is -0.496 e. The maximum Gasteiger partial charge on any atom is 0.255 e. The predicted octanol–water partition coefficient (Wildman–Crippen LogP) is 3.64. The molecule has 2 aromatic carbocycles. The van der Waals surface area contributed by atoms with Gasteiger partial charge in [0.2, 0.25) is 0 Å². The second-order valence-corrected chi connectivity index (χ2v) is 5.66. The molecule has 0 saturated carbocycles. The summed E-state index contributed by atoms with van der Waals surface area (Å²) in [4.78, 5) is 20.5. The summed E-state index contributed by atoms with van der Waals surface area (Å²) < 4.78 is 5.40. The first-order chi connectivity index (χ1) is 12.2. The van der Waals surface area contributed by atoms with Gasteiger partial charge >= 0.3 is 0 Å². The molecule has 0 fully saturated rings. The minimum absolute atomic E-state index is 0.160. The third kappa shape index (κ3) is 3.71. The van der Waals surface area contributed by atoms with E-state index in [2.05, 4.69) is 15.3 Å². The zero-order valence-corrected chi connectivity index (χ0v) is 14.4. The molecule has 5 nitrogen and oxygen atoms in total. The zero-order chi connectivity index (χ0) is 17.6. The highest BCUT2D eigenvalue weighted by molar-refractivity contribution is 6.23. The van der Waals surface area contributed by atoms with Crippen molar-refractivity contribution < 1.29 is 9.53 Å². The Labute approximate surface area is 146 Å². The summed E-state index contributed by atoms with van der Waals surface area (Å²) in [6.07, 6.45) is 2.68. The van der Waals surface area contributed by atoms with Crippen molar-refractivity contribution >= 4 is 28.6 Å². The van der Waals surface area contributed by atoms with Crippen molar-refractivity contribution in [2.75, 3.05) is 13.7 Å². The number of benzene rings is 2. The van der Waals surface area contributed by atoms with Crippen molar-refractivity contribution in [1.82, 2.24) is 15.3 Å². The smallest absolute Gasteiger partial charge is 0.255 e. The lowest BCUT2D eigenvalue weighted by Crippen LogP contribution is -2.25. The topological polar surface area (TPSA) is 67.0 Å². The molecule has 0 unspecified atom stereocenters. The molecule has 128 valence electrons. The predicted molar refractivity (Wildman–Crippen MR) is 100 cm³/mol. The monoisotopic (exact) mass is 335 g/mol. The fraction of sp³-hybridized carbons (Fsp3) is 0.200. The summed E-state index contributed by atoms with van der Waals surface area (Å²) in [6.45, 7) is 2.63. The van der Waals surface area contributed by atoms with Crippen LogP contribution in [0.1, 0.15) is 24.7 Å². The summed E-state index contributed by atoms with van der Waals surface area (Å²) >= 11 is 0. The van der Waals surface area contributed by atoms with Crippen molar-refractivity contribution in [3.8, 4) is 5.75 Å². The highest BCUT2D eigenvalue weighted by Crippen LogP contribution is 2.25. The summed E-state index contributed by atoms with van der Waals surface area (Å²) in [5.41, 5.74) is 3.03. The molecule has 0 aliphatic rings. The van der Waals surface area contributed by atoms with Crippen LogP contribution in [0.3, 0.4) is 0 Å². The fourth-order valence-electron chi connectivity index (χ4n) is 2.60. The number of aromatic amines is 1. The molecule has 3 rings (SSSR count). The van der Waals surface area contributed by atoms with Crippen LogP contribution < -0.4 is 10.1 Å². The molecule has 0 saturated heterocycles. The molecular formula is C20H21N3O2. The molecule has 0 aliphatic carbocycles. The van der Waals surface area contributed by atoms with Crippen molar-refractivity contribution in [2.45, 2.75) is 13.3 Å². The van der Waals surface area contributed by atoms with E-state index in [1.807, 2.05) is 61.5 Å². The Bertz CT molecular complexity index is 879. The molecule has 0 spiro atoms. The van der Waals surface area contributed by atoms with Gasteiger partial charge in [0.25, 0.3) is 5.91 Å². The minimum atomic E-state index is -0.160. The number of H-pyrrole nitrogens is 1. The van der Waals surface area contributed by atoms with Gasteiger partial charge in [-0.1, -0.05) is 37.3 Å². The Balaban J connectivity index is 2.08. The molecule has 1 amide bonds. The second kappa shape index (κ2) is 7.66. The van der Waals surface area contributed by atoms with Gasteiger partial charge in [0.15, 0.2) is 0 Å². The van der Waals surface area contributed by atoms with Crippen LogP contribution in [0, 0.1) is 0 Å². The van der Waals surface area contributed by atoms with Crippen LogP contribution in [0.4, 0.5) is 0 Å². The van der Waals surface area contributed by atoms with E-state index < -0.39 is 0 Å². The van der Waals surface area contributed by atoms with E-state index in [1.54, 1.807) is 7.11 Å². The third-order valence-corrected chi connectivity index (χ3v) is 3.86. The molecule has 0 atom stereocenters. The highest BCUT2D eigenvalue weighted by atomic mass is 16.5. The van der Waals surface area contributed by atoms with Crippen LogP contribution in [-0.4, -0.2) is 29.5 Å². The van der Waals surface area contributed by atoms with Gasteiger partial charge in [-0.05, 0) is 30.7 Å². The number of amides is 1. The molecular weight excluding hydrogens is 314 g/mol. The van der Waals surface area contributed by atoms with Crippen LogP contribution in [0.25, 0.3) is 22.7 Å². The number of hydrogen-bond donors (Lipinski definition) is 2. The molecule has 25 heavy (non-hydrogen) atoms. The molecule has 1 aromatic heterocycles. The highest BCUT2D eigenvalue weighted by Gasteiger charge is 2.16. The summed E-state index contributed by atoms with van der Waals surface area (Å²) in [5, 5.41) is 2.92. The van der Waals surface area contributed by atoms with Gasteiger partial charge in [-0.15, -0.1) is 0 Å². The van der Waals surface area contributed by atoms with Crippen molar-refractivity contribution in [1.29, 1.82) is 0 Å². The molecule has 2 N–H and O–H groups in total. The molecule has 0 bridgehead atoms. The third-order valence-electron chi connectivity index (χ3n) is 3.86. The summed E-state index contributed by atoms with van der Waals surface area (Å²) in [5.74, 6) is 1.09. The van der Waals surface area contributed by atoms with E-state index in [9.17, 15) is 4.79 Å². The van der Waals surface area contributed by atoms with Crippen LogP contribution in [-0.2, 0) is 4.79 Å². The van der Waals surface area contributed by atoms with Crippen molar-refractivity contribution in [2.24, 2.45) is 0 Å². The van der Waals surface area contributed by atoms with Crippen LogP contribution in [0.2, 0.25) is 0 Å². The van der Waals surface area contributed by atoms with Gasteiger partial charge in [-0.3, -0.25) is 4.79 Å². The van der Waals surface area contributed by atoms with E-state index >= 15 is 0 Å². The second-order valence-electron chi connectivity index (χ2n) is 5.66. The molecule has 5 heteroatoms. The Morgan fingerprint density at radius 2 is 1.96 bits per heavy atom. The number of ether oxygens (including phenoxy) is 1. The van der Waals surface area contributed by atoms with E-state index in [4.69, 9.17) is 4.74 Å². The van der Waals surface area contributed by atoms with Crippen LogP contribution in [0.15, 0.2) is 48.5 Å². The van der Waals surface area contributed by atoms with E-state index in [-0.39, 0.29) is 5.91 Å². The lowest BCUT2D eigenvalue weighted by atomic mass is 10.1. The van der Waals surface area contributed by atoms with Gasteiger partial charge in [-0.25, -0.2) is 4.98 Å². The quantitative estimate of drug-likeness (QED) is 0.676. The average molecular weight is 335 g/mol. The largest absolute Gasteiger partial charge is 0.496 e. The molecule has 0 aliphatic heterocycles. The number of carbonyl (C=O) groups excluding carboxylic acids is 1. The standard InChI is InChI=1S/C20H21N3O2/c1-3-12-21-20(24)15(13-14-8-4-7-11-18(14)25-2)19-22-16-9-5-6-10-17(16)23-19/h4-11,13H,3,12H2,1-2H3,(H,21,24)(H,22,23)/b15-13-. The number of fused-ring (bicyclic) bond motifs is 1. The van der Waals surface area contributed by atoms with E-state index in [0.717, 1.165) is 23.0 Å². The van der Waals surface area contributed by atoms with Crippen molar-refractivity contribution in [3.05, 3.63) is 59.9 Å². The summed E-state index contributed by atoms with van der Waals surface area (Å²) in [7, 11) is 1.62. The Morgan fingerprint density at radius 3 is 2.72 bits per heavy atom. The van der Waals surface area contributed by atoms with E-state index in [1.165, 1.54) is 0 Å². The van der Waals surface area contributed by atoms with Crippen molar-refractivity contribution in [3.63, 3.8) is 0 Å². The Kier molecular flexibility index (Phi) is 5.14. The first kappa shape index (κ1) is 16.8. The average Bonchev–Trinajstić information content (AvgIpc) is 3.08. The number of para-hydroxylation sites is 3. The van der Waals surface area contributed by atoms with Gasteiger partial charge in [-0.2, -0.15) is 0 Å². The normalized spacial score (nSPS) is 11.5. The van der Waals surface area contributed by atoms with Gasteiger partial charge < -0.3 is 15.0 Å². The zero-order valence-electron chi connectivity index (χ0n) is 14.4. The maximum absolute atomic E-state index is 12.7. The van der Waals surface area contributed by atoms with Gasteiger partial charge in [0, 0.05) is 12.1 Å². The number of hydrogen-bond acceptors (Lipinski definition) is 3. The fourth-order valence-corrected chi connectivity index (χ4v) is 2.60. The lowest BCUT2D eigenvalue weighted by Gasteiger charge is -2.08. The first-order valence-electron chi connectivity index (χ1n) is 8.31. The lowest BCUT2D eigenvalue weighted by molar-refractivity contribution is -0.115. The number of aromatic nitrogens is 2. The number of rotatable bonds is 6. The van der Waals surface area contributed by atoms with Crippen LogP contribution >= 0.6 is 0 Å². The number of imidazole rings is 1. The van der Waals surface area contributed by atoms with E-state index in [0.29, 0.717) is 23.7 Å². The Morgan fingerprint density at radius 1 is 1.20 bits per heavy atom. The van der Waals surface area contributed by atoms with Gasteiger partial charge in [0.05, 0.1) is 23.7 Å².